The minimum atomic E-state index is -0.309. The van der Waals surface area contributed by atoms with Gasteiger partial charge in [0.2, 0.25) is 5.91 Å². The van der Waals surface area contributed by atoms with Gasteiger partial charge in [0.15, 0.2) is 0 Å². The van der Waals surface area contributed by atoms with E-state index in [2.05, 4.69) is 26.6 Å². The molecule has 1 saturated heterocycles. The number of ether oxygens (including phenoxy) is 1. The predicted octanol–water partition coefficient (Wildman–Crippen LogP) is 3.02. The van der Waals surface area contributed by atoms with Crippen LogP contribution >= 0.6 is 15.9 Å². The average molecular weight is 355 g/mol. The molecule has 1 aliphatic rings. The van der Waals surface area contributed by atoms with Gasteiger partial charge in [-0.1, -0.05) is 6.07 Å². The number of halogens is 1. The van der Waals surface area contributed by atoms with Crippen LogP contribution in [-0.4, -0.2) is 26.1 Å². The van der Waals surface area contributed by atoms with Crippen molar-refractivity contribution in [2.75, 3.05) is 20.2 Å². The van der Waals surface area contributed by atoms with Crippen LogP contribution < -0.4 is 15.4 Å². The standard InChI is InChI=1S/C16H23BrN2O2/c1-11(12-5-6-14(21-3)13(17)9-12)19-15(20)16(2)7-4-8-18-10-16/h5-6,9,11,18H,4,7-8,10H2,1-3H3,(H,19,20). The van der Waals surface area contributed by atoms with E-state index in [1.807, 2.05) is 32.0 Å². The Hall–Kier alpha value is -1.07. The maximum atomic E-state index is 12.5. The number of methoxy groups -OCH3 is 1. The van der Waals surface area contributed by atoms with Crippen LogP contribution in [0.15, 0.2) is 22.7 Å². The topological polar surface area (TPSA) is 50.4 Å². The van der Waals surface area contributed by atoms with Gasteiger partial charge < -0.3 is 15.4 Å². The van der Waals surface area contributed by atoms with Gasteiger partial charge in [0.1, 0.15) is 5.75 Å². The second-order valence-corrected chi connectivity index (χ2v) is 6.78. The Kier molecular flexibility index (Phi) is 5.27. The molecule has 0 spiro atoms. The molecule has 1 aromatic rings. The molecule has 1 amide bonds. The first-order chi connectivity index (χ1) is 9.96. The molecule has 0 aromatic heterocycles. The lowest BCUT2D eigenvalue weighted by molar-refractivity contribution is -0.131. The van der Waals surface area contributed by atoms with Gasteiger partial charge in [-0.25, -0.2) is 0 Å². The first-order valence-electron chi connectivity index (χ1n) is 7.31. The summed E-state index contributed by atoms with van der Waals surface area (Å²) in [5.74, 6) is 0.912. The Morgan fingerprint density at radius 3 is 2.86 bits per heavy atom. The van der Waals surface area contributed by atoms with E-state index >= 15 is 0 Å². The SMILES string of the molecule is COc1ccc(C(C)NC(=O)C2(C)CCCNC2)cc1Br. The van der Waals surface area contributed by atoms with E-state index in [9.17, 15) is 4.79 Å². The summed E-state index contributed by atoms with van der Waals surface area (Å²) in [6, 6.07) is 5.85. The van der Waals surface area contributed by atoms with Crippen LogP contribution in [0.5, 0.6) is 5.75 Å². The fourth-order valence-electron chi connectivity index (χ4n) is 2.66. The summed E-state index contributed by atoms with van der Waals surface area (Å²) in [6.45, 7) is 5.79. The van der Waals surface area contributed by atoms with Crippen molar-refractivity contribution >= 4 is 21.8 Å². The highest BCUT2D eigenvalue weighted by atomic mass is 79.9. The molecule has 0 bridgehead atoms. The number of rotatable bonds is 4. The van der Waals surface area contributed by atoms with E-state index < -0.39 is 0 Å². The van der Waals surface area contributed by atoms with Crippen molar-refractivity contribution < 1.29 is 9.53 Å². The van der Waals surface area contributed by atoms with Crippen molar-refractivity contribution in [1.29, 1.82) is 0 Å². The van der Waals surface area contributed by atoms with Crippen LogP contribution in [0, 0.1) is 5.41 Å². The fraction of sp³-hybridized carbons (Fsp3) is 0.562. The molecule has 1 heterocycles. The molecule has 1 aromatic carbocycles. The molecule has 5 heteroatoms. The lowest BCUT2D eigenvalue weighted by atomic mass is 9.81. The normalized spacial score (nSPS) is 23.4. The lowest BCUT2D eigenvalue weighted by Crippen LogP contribution is -2.49. The minimum absolute atomic E-state index is 0.0292. The molecule has 2 atom stereocenters. The van der Waals surface area contributed by atoms with Crippen LogP contribution in [0.4, 0.5) is 0 Å². The van der Waals surface area contributed by atoms with Crippen molar-refractivity contribution in [2.45, 2.75) is 32.7 Å². The summed E-state index contributed by atoms with van der Waals surface area (Å²) in [7, 11) is 1.64. The zero-order valence-corrected chi connectivity index (χ0v) is 14.4. The lowest BCUT2D eigenvalue weighted by Gasteiger charge is -2.33. The second-order valence-electron chi connectivity index (χ2n) is 5.93. The second kappa shape index (κ2) is 6.79. The highest BCUT2D eigenvalue weighted by Crippen LogP contribution is 2.30. The average Bonchev–Trinajstić information content (AvgIpc) is 2.47. The quantitative estimate of drug-likeness (QED) is 0.873. The molecule has 2 rings (SSSR count). The van der Waals surface area contributed by atoms with E-state index in [0.717, 1.165) is 41.7 Å². The minimum Gasteiger partial charge on any atom is -0.496 e. The van der Waals surface area contributed by atoms with Gasteiger partial charge in [-0.05, 0) is 66.9 Å². The van der Waals surface area contributed by atoms with Crippen LogP contribution in [0.3, 0.4) is 0 Å². The van der Waals surface area contributed by atoms with Gasteiger partial charge in [0.25, 0.3) is 0 Å². The molecular formula is C16H23BrN2O2. The third-order valence-corrected chi connectivity index (χ3v) is 4.79. The van der Waals surface area contributed by atoms with Crippen LogP contribution in [-0.2, 0) is 4.79 Å². The molecule has 0 saturated carbocycles. The first-order valence-corrected chi connectivity index (χ1v) is 8.11. The van der Waals surface area contributed by atoms with Crippen molar-refractivity contribution in [3.8, 4) is 5.75 Å². The smallest absolute Gasteiger partial charge is 0.227 e. The first kappa shape index (κ1) is 16.3. The largest absolute Gasteiger partial charge is 0.496 e. The van der Waals surface area contributed by atoms with E-state index in [-0.39, 0.29) is 17.4 Å². The zero-order valence-electron chi connectivity index (χ0n) is 12.8. The van der Waals surface area contributed by atoms with Crippen molar-refractivity contribution in [1.82, 2.24) is 10.6 Å². The maximum absolute atomic E-state index is 12.5. The summed E-state index contributed by atoms with van der Waals surface area (Å²) >= 11 is 3.48. The monoisotopic (exact) mass is 354 g/mol. The third kappa shape index (κ3) is 3.77. The highest BCUT2D eigenvalue weighted by Gasteiger charge is 2.35. The predicted molar refractivity (Wildman–Crippen MR) is 87.5 cm³/mol. The fourth-order valence-corrected chi connectivity index (χ4v) is 3.21. The summed E-state index contributed by atoms with van der Waals surface area (Å²) in [5, 5.41) is 6.44. The van der Waals surface area contributed by atoms with Gasteiger partial charge in [-0.2, -0.15) is 0 Å². The van der Waals surface area contributed by atoms with E-state index in [1.165, 1.54) is 0 Å². The maximum Gasteiger partial charge on any atom is 0.227 e. The molecule has 1 fully saturated rings. The Balaban J connectivity index is 2.05. The number of hydrogen-bond donors (Lipinski definition) is 2. The van der Waals surface area contributed by atoms with Crippen molar-refractivity contribution in [3.63, 3.8) is 0 Å². The van der Waals surface area contributed by atoms with Crippen LogP contribution in [0.2, 0.25) is 0 Å². The highest BCUT2D eigenvalue weighted by molar-refractivity contribution is 9.10. The zero-order chi connectivity index (χ0) is 15.5. The summed E-state index contributed by atoms with van der Waals surface area (Å²) in [5.41, 5.74) is 0.749. The number of nitrogens with one attached hydrogen (secondary N) is 2. The number of amides is 1. The Morgan fingerprint density at radius 2 is 2.29 bits per heavy atom. The van der Waals surface area contributed by atoms with Gasteiger partial charge in [-0.3, -0.25) is 4.79 Å². The molecule has 2 N–H and O–H groups in total. The van der Waals surface area contributed by atoms with Crippen LogP contribution in [0.1, 0.15) is 38.3 Å². The van der Waals surface area contributed by atoms with E-state index in [0.29, 0.717) is 0 Å². The van der Waals surface area contributed by atoms with E-state index in [4.69, 9.17) is 4.74 Å². The molecule has 4 nitrogen and oxygen atoms in total. The molecule has 1 aliphatic heterocycles. The van der Waals surface area contributed by atoms with Crippen LogP contribution in [0.25, 0.3) is 0 Å². The number of hydrogen-bond acceptors (Lipinski definition) is 3. The third-order valence-electron chi connectivity index (χ3n) is 4.17. The summed E-state index contributed by atoms with van der Waals surface area (Å²) in [6.07, 6.45) is 1.98. The number of benzene rings is 1. The Bertz CT molecular complexity index is 513. The molecular weight excluding hydrogens is 332 g/mol. The summed E-state index contributed by atoms with van der Waals surface area (Å²) in [4.78, 5) is 12.5. The van der Waals surface area contributed by atoms with Gasteiger partial charge in [0.05, 0.1) is 23.0 Å². The summed E-state index contributed by atoms with van der Waals surface area (Å²) < 4.78 is 6.13. The molecule has 116 valence electrons. The van der Waals surface area contributed by atoms with Gasteiger partial charge in [-0.15, -0.1) is 0 Å². The van der Waals surface area contributed by atoms with Crippen molar-refractivity contribution in [3.05, 3.63) is 28.2 Å². The Labute approximate surface area is 134 Å². The number of piperidine rings is 1. The molecule has 21 heavy (non-hydrogen) atoms. The number of carbonyl (C=O) groups is 1. The van der Waals surface area contributed by atoms with Gasteiger partial charge >= 0.3 is 0 Å². The van der Waals surface area contributed by atoms with E-state index in [1.54, 1.807) is 7.11 Å². The molecule has 0 aliphatic carbocycles. The van der Waals surface area contributed by atoms with Crippen molar-refractivity contribution in [2.24, 2.45) is 5.41 Å². The number of carbonyl (C=O) groups excluding carboxylic acids is 1. The molecule has 2 unspecified atom stereocenters. The van der Waals surface area contributed by atoms with Gasteiger partial charge in [0, 0.05) is 6.54 Å². The molecule has 0 radical (unpaired) electrons. The Morgan fingerprint density at radius 1 is 1.52 bits per heavy atom.